The van der Waals surface area contributed by atoms with Gasteiger partial charge in [0, 0.05) is 6.54 Å². The first-order chi connectivity index (χ1) is 9.17. The van der Waals surface area contributed by atoms with Crippen LogP contribution >= 0.6 is 0 Å². The van der Waals surface area contributed by atoms with Gasteiger partial charge < -0.3 is 14.8 Å². The molecule has 1 aromatic rings. The van der Waals surface area contributed by atoms with Crippen LogP contribution in [0.4, 0.5) is 0 Å². The number of methoxy groups -OCH3 is 2. The molecule has 4 nitrogen and oxygen atoms in total. The number of amides is 1. The fraction of sp³-hybridized carbons (Fsp3) is 0.533. The Kier molecular flexibility index (Phi) is 6.19. The van der Waals surface area contributed by atoms with Crippen molar-refractivity contribution >= 4 is 5.91 Å². The molecule has 1 rings (SSSR count). The van der Waals surface area contributed by atoms with E-state index < -0.39 is 0 Å². The first kappa shape index (κ1) is 15.3. The van der Waals surface area contributed by atoms with Crippen LogP contribution in [0.15, 0.2) is 18.2 Å². The second kappa shape index (κ2) is 7.67. The van der Waals surface area contributed by atoms with E-state index in [2.05, 4.69) is 19.2 Å². The van der Waals surface area contributed by atoms with Crippen LogP contribution in [0.3, 0.4) is 0 Å². The molecule has 0 spiro atoms. The summed E-state index contributed by atoms with van der Waals surface area (Å²) in [5, 5.41) is 2.95. The predicted molar refractivity (Wildman–Crippen MR) is 76.0 cm³/mol. The summed E-state index contributed by atoms with van der Waals surface area (Å²) < 4.78 is 10.5. The Labute approximate surface area is 115 Å². The third kappa shape index (κ3) is 3.88. The quantitative estimate of drug-likeness (QED) is 0.824. The molecule has 0 radical (unpaired) electrons. The Morgan fingerprint density at radius 2 is 1.89 bits per heavy atom. The van der Waals surface area contributed by atoms with Gasteiger partial charge in [-0.3, -0.25) is 4.79 Å². The molecule has 0 bridgehead atoms. The van der Waals surface area contributed by atoms with Crippen LogP contribution in [0, 0.1) is 5.92 Å². The average molecular weight is 265 g/mol. The standard InChI is InChI=1S/C15H23NO3/c1-5-11(6-2)10-16-15(17)12-8-7-9-13(18-3)14(12)19-4/h7-9,11H,5-6,10H2,1-4H3,(H,16,17). The van der Waals surface area contributed by atoms with Gasteiger partial charge in [0.2, 0.25) is 0 Å². The van der Waals surface area contributed by atoms with Crippen molar-refractivity contribution in [2.75, 3.05) is 20.8 Å². The molecular weight excluding hydrogens is 242 g/mol. The van der Waals surface area contributed by atoms with Gasteiger partial charge in [-0.25, -0.2) is 0 Å². The van der Waals surface area contributed by atoms with Gasteiger partial charge in [-0.05, 0) is 18.1 Å². The predicted octanol–water partition coefficient (Wildman–Crippen LogP) is 2.87. The van der Waals surface area contributed by atoms with E-state index in [0.717, 1.165) is 12.8 Å². The maximum Gasteiger partial charge on any atom is 0.255 e. The van der Waals surface area contributed by atoms with E-state index in [1.165, 1.54) is 7.11 Å². The summed E-state index contributed by atoms with van der Waals surface area (Å²) in [7, 11) is 3.10. The van der Waals surface area contributed by atoms with Crippen LogP contribution in [-0.2, 0) is 0 Å². The van der Waals surface area contributed by atoms with Crippen LogP contribution in [0.2, 0.25) is 0 Å². The largest absolute Gasteiger partial charge is 0.493 e. The van der Waals surface area contributed by atoms with Crippen LogP contribution in [-0.4, -0.2) is 26.7 Å². The van der Waals surface area contributed by atoms with Crippen molar-refractivity contribution in [2.24, 2.45) is 5.92 Å². The van der Waals surface area contributed by atoms with E-state index in [1.807, 2.05) is 0 Å². The van der Waals surface area contributed by atoms with E-state index in [9.17, 15) is 4.79 Å². The zero-order valence-electron chi connectivity index (χ0n) is 12.2. The Balaban J connectivity index is 2.82. The highest BCUT2D eigenvalue weighted by Gasteiger charge is 2.16. The number of para-hydroxylation sites is 1. The fourth-order valence-corrected chi connectivity index (χ4v) is 1.98. The first-order valence-corrected chi connectivity index (χ1v) is 6.67. The molecule has 4 heteroatoms. The summed E-state index contributed by atoms with van der Waals surface area (Å²) in [6, 6.07) is 5.30. The number of hydrogen-bond acceptors (Lipinski definition) is 3. The second-order valence-electron chi connectivity index (χ2n) is 4.43. The van der Waals surface area contributed by atoms with Gasteiger partial charge in [-0.1, -0.05) is 32.8 Å². The molecule has 0 aliphatic rings. The lowest BCUT2D eigenvalue weighted by molar-refractivity contribution is 0.0942. The monoisotopic (exact) mass is 265 g/mol. The number of benzene rings is 1. The molecule has 19 heavy (non-hydrogen) atoms. The van der Waals surface area contributed by atoms with Crippen molar-refractivity contribution in [2.45, 2.75) is 26.7 Å². The number of nitrogens with one attached hydrogen (secondary N) is 1. The van der Waals surface area contributed by atoms with Crippen LogP contribution in [0.5, 0.6) is 11.5 Å². The molecule has 0 unspecified atom stereocenters. The van der Waals surface area contributed by atoms with Crippen molar-refractivity contribution in [3.8, 4) is 11.5 Å². The topological polar surface area (TPSA) is 47.6 Å². The van der Waals surface area contributed by atoms with Gasteiger partial charge in [0.15, 0.2) is 11.5 Å². The van der Waals surface area contributed by atoms with Crippen molar-refractivity contribution in [1.29, 1.82) is 0 Å². The summed E-state index contributed by atoms with van der Waals surface area (Å²) >= 11 is 0. The van der Waals surface area contributed by atoms with Gasteiger partial charge >= 0.3 is 0 Å². The second-order valence-corrected chi connectivity index (χ2v) is 4.43. The third-order valence-electron chi connectivity index (χ3n) is 3.35. The molecule has 106 valence electrons. The van der Waals surface area contributed by atoms with Crippen LogP contribution < -0.4 is 14.8 Å². The Bertz CT molecular complexity index is 414. The minimum Gasteiger partial charge on any atom is -0.493 e. The lowest BCUT2D eigenvalue weighted by Gasteiger charge is -2.15. The van der Waals surface area contributed by atoms with Crippen molar-refractivity contribution in [3.63, 3.8) is 0 Å². The number of rotatable bonds is 7. The van der Waals surface area contributed by atoms with Crippen LogP contribution in [0.1, 0.15) is 37.0 Å². The van der Waals surface area contributed by atoms with E-state index >= 15 is 0 Å². The van der Waals surface area contributed by atoms with E-state index in [0.29, 0.717) is 29.5 Å². The van der Waals surface area contributed by atoms with E-state index in [-0.39, 0.29) is 5.91 Å². The molecule has 0 saturated heterocycles. The van der Waals surface area contributed by atoms with Gasteiger partial charge in [0.1, 0.15) is 0 Å². The molecule has 0 aromatic heterocycles. The molecule has 0 saturated carbocycles. The summed E-state index contributed by atoms with van der Waals surface area (Å²) in [5.41, 5.74) is 0.507. The number of ether oxygens (including phenoxy) is 2. The molecule has 0 atom stereocenters. The summed E-state index contributed by atoms with van der Waals surface area (Å²) in [6.07, 6.45) is 2.12. The summed E-state index contributed by atoms with van der Waals surface area (Å²) in [6.45, 7) is 4.95. The highest BCUT2D eigenvalue weighted by atomic mass is 16.5. The molecule has 0 aliphatic carbocycles. The van der Waals surface area contributed by atoms with Crippen molar-refractivity contribution < 1.29 is 14.3 Å². The normalized spacial score (nSPS) is 10.4. The zero-order valence-corrected chi connectivity index (χ0v) is 12.2. The third-order valence-corrected chi connectivity index (χ3v) is 3.35. The molecule has 0 fully saturated rings. The van der Waals surface area contributed by atoms with Gasteiger partial charge in [-0.2, -0.15) is 0 Å². The lowest BCUT2D eigenvalue weighted by atomic mass is 10.0. The van der Waals surface area contributed by atoms with Gasteiger partial charge in [-0.15, -0.1) is 0 Å². The van der Waals surface area contributed by atoms with Crippen LogP contribution in [0.25, 0.3) is 0 Å². The highest BCUT2D eigenvalue weighted by Crippen LogP contribution is 2.30. The SMILES string of the molecule is CCC(CC)CNC(=O)c1cccc(OC)c1OC. The maximum absolute atomic E-state index is 12.2. The summed E-state index contributed by atoms with van der Waals surface area (Å²) in [4.78, 5) is 12.2. The number of carbonyl (C=O) groups excluding carboxylic acids is 1. The zero-order chi connectivity index (χ0) is 14.3. The van der Waals surface area contributed by atoms with Crippen molar-refractivity contribution in [3.05, 3.63) is 23.8 Å². The lowest BCUT2D eigenvalue weighted by Crippen LogP contribution is -2.29. The van der Waals surface area contributed by atoms with E-state index in [4.69, 9.17) is 9.47 Å². The maximum atomic E-state index is 12.2. The Hall–Kier alpha value is -1.71. The summed E-state index contributed by atoms with van der Waals surface area (Å²) in [5.74, 6) is 1.44. The van der Waals surface area contributed by atoms with Crippen molar-refractivity contribution in [1.82, 2.24) is 5.32 Å². The molecule has 1 N–H and O–H groups in total. The fourth-order valence-electron chi connectivity index (χ4n) is 1.98. The van der Waals surface area contributed by atoms with Gasteiger partial charge in [0.25, 0.3) is 5.91 Å². The highest BCUT2D eigenvalue weighted by molar-refractivity contribution is 5.97. The first-order valence-electron chi connectivity index (χ1n) is 6.67. The molecule has 1 aromatic carbocycles. The minimum atomic E-state index is -0.123. The van der Waals surface area contributed by atoms with Gasteiger partial charge in [0.05, 0.1) is 19.8 Å². The minimum absolute atomic E-state index is 0.123. The molecule has 0 aliphatic heterocycles. The Morgan fingerprint density at radius 1 is 1.21 bits per heavy atom. The van der Waals surface area contributed by atoms with E-state index in [1.54, 1.807) is 25.3 Å². The Morgan fingerprint density at radius 3 is 2.42 bits per heavy atom. The number of hydrogen-bond donors (Lipinski definition) is 1. The average Bonchev–Trinajstić information content (AvgIpc) is 2.46. The smallest absolute Gasteiger partial charge is 0.255 e. The molecule has 0 heterocycles. The number of carbonyl (C=O) groups is 1. The molecular formula is C15H23NO3. The molecule has 1 amide bonds.